The van der Waals surface area contributed by atoms with Crippen molar-refractivity contribution in [2.75, 3.05) is 0 Å². The van der Waals surface area contributed by atoms with Crippen molar-refractivity contribution in [1.29, 1.82) is 0 Å². The maximum Gasteiger partial charge on any atom is 0.269 e. The molecule has 0 atom stereocenters. The van der Waals surface area contributed by atoms with Crippen molar-refractivity contribution in [2.45, 2.75) is 0 Å². The van der Waals surface area contributed by atoms with E-state index < -0.39 is 0 Å². The standard InChI is InChI=1S/C15H13ClN2O/c1-11(12-5-3-2-4-6-12)17-18-15(19)13-7-9-14(16)10-8-13/h2-10,17H,1H2,(H,18,19). The summed E-state index contributed by atoms with van der Waals surface area (Å²) in [5.74, 6) is -0.242. The summed E-state index contributed by atoms with van der Waals surface area (Å²) in [6.07, 6.45) is 0. The first-order valence-electron chi connectivity index (χ1n) is 5.73. The Bertz CT molecular complexity index is 579. The maximum absolute atomic E-state index is 11.8. The van der Waals surface area contributed by atoms with E-state index in [4.69, 9.17) is 11.6 Å². The number of hydrogen-bond donors (Lipinski definition) is 2. The molecule has 0 radical (unpaired) electrons. The monoisotopic (exact) mass is 272 g/mol. The number of carbonyl (C=O) groups excluding carboxylic acids is 1. The van der Waals surface area contributed by atoms with Gasteiger partial charge in [-0.2, -0.15) is 0 Å². The van der Waals surface area contributed by atoms with Crippen molar-refractivity contribution in [3.05, 3.63) is 77.3 Å². The minimum Gasteiger partial charge on any atom is -0.298 e. The van der Waals surface area contributed by atoms with Gasteiger partial charge in [-0.1, -0.05) is 48.5 Å². The van der Waals surface area contributed by atoms with Gasteiger partial charge in [-0.15, -0.1) is 0 Å². The highest BCUT2D eigenvalue weighted by molar-refractivity contribution is 6.30. The molecular weight excluding hydrogens is 260 g/mol. The molecule has 0 aliphatic heterocycles. The second-order valence-electron chi connectivity index (χ2n) is 3.93. The topological polar surface area (TPSA) is 41.1 Å². The van der Waals surface area contributed by atoms with Crippen LogP contribution in [0.15, 0.2) is 61.2 Å². The number of benzene rings is 2. The maximum atomic E-state index is 11.8. The van der Waals surface area contributed by atoms with Crippen molar-refractivity contribution in [1.82, 2.24) is 10.9 Å². The highest BCUT2D eigenvalue weighted by atomic mass is 35.5. The molecule has 0 aromatic heterocycles. The SMILES string of the molecule is C=C(NNC(=O)c1ccc(Cl)cc1)c1ccccc1. The molecule has 2 aromatic carbocycles. The van der Waals surface area contributed by atoms with Crippen LogP contribution in [-0.4, -0.2) is 5.91 Å². The first-order chi connectivity index (χ1) is 9.16. The van der Waals surface area contributed by atoms with E-state index in [1.807, 2.05) is 30.3 Å². The number of halogens is 1. The van der Waals surface area contributed by atoms with Gasteiger partial charge in [-0.25, -0.2) is 0 Å². The molecular formula is C15H13ClN2O. The van der Waals surface area contributed by atoms with Crippen LogP contribution < -0.4 is 10.9 Å². The minimum absolute atomic E-state index is 0.242. The zero-order chi connectivity index (χ0) is 13.7. The van der Waals surface area contributed by atoms with Crippen molar-refractivity contribution in [3.63, 3.8) is 0 Å². The highest BCUT2D eigenvalue weighted by Gasteiger charge is 2.05. The summed E-state index contributed by atoms with van der Waals surface area (Å²) in [4.78, 5) is 11.8. The van der Waals surface area contributed by atoms with Crippen molar-refractivity contribution in [2.24, 2.45) is 0 Å². The molecule has 2 aromatic rings. The lowest BCUT2D eigenvalue weighted by atomic mass is 10.2. The lowest BCUT2D eigenvalue weighted by molar-refractivity contribution is 0.0942. The summed E-state index contributed by atoms with van der Waals surface area (Å²) in [6, 6.07) is 16.2. The van der Waals surface area contributed by atoms with Gasteiger partial charge in [0.15, 0.2) is 0 Å². The van der Waals surface area contributed by atoms with E-state index in [9.17, 15) is 4.79 Å². The molecule has 96 valence electrons. The zero-order valence-electron chi connectivity index (χ0n) is 10.2. The number of carbonyl (C=O) groups is 1. The van der Waals surface area contributed by atoms with Crippen molar-refractivity contribution >= 4 is 23.2 Å². The second-order valence-corrected chi connectivity index (χ2v) is 4.37. The molecule has 0 heterocycles. The largest absolute Gasteiger partial charge is 0.298 e. The number of nitrogens with one attached hydrogen (secondary N) is 2. The Kier molecular flexibility index (Phi) is 4.21. The van der Waals surface area contributed by atoms with Crippen LogP contribution in [0.5, 0.6) is 0 Å². The van der Waals surface area contributed by atoms with Gasteiger partial charge >= 0.3 is 0 Å². The molecule has 0 spiro atoms. The van der Waals surface area contributed by atoms with Crippen molar-refractivity contribution in [3.8, 4) is 0 Å². The Balaban J connectivity index is 1.94. The molecule has 0 bridgehead atoms. The molecule has 0 aliphatic carbocycles. The van der Waals surface area contributed by atoms with Crippen molar-refractivity contribution < 1.29 is 4.79 Å². The number of rotatable bonds is 4. The molecule has 19 heavy (non-hydrogen) atoms. The molecule has 4 heteroatoms. The summed E-state index contributed by atoms with van der Waals surface area (Å²) in [7, 11) is 0. The highest BCUT2D eigenvalue weighted by Crippen LogP contribution is 2.10. The predicted octanol–water partition coefficient (Wildman–Crippen LogP) is 3.25. The van der Waals surface area contributed by atoms with E-state index in [0.717, 1.165) is 5.56 Å². The van der Waals surface area contributed by atoms with E-state index in [0.29, 0.717) is 16.3 Å². The zero-order valence-corrected chi connectivity index (χ0v) is 10.9. The number of amides is 1. The van der Waals surface area contributed by atoms with Crippen LogP contribution in [0.25, 0.3) is 5.70 Å². The van der Waals surface area contributed by atoms with Gasteiger partial charge in [0.2, 0.25) is 0 Å². The van der Waals surface area contributed by atoms with E-state index >= 15 is 0 Å². The van der Waals surface area contributed by atoms with Gasteiger partial charge < -0.3 is 0 Å². The summed E-state index contributed by atoms with van der Waals surface area (Å²) in [5.41, 5.74) is 7.44. The Hall–Kier alpha value is -2.26. The lowest BCUT2D eigenvalue weighted by Gasteiger charge is -2.11. The van der Waals surface area contributed by atoms with Gasteiger partial charge in [0.25, 0.3) is 5.91 Å². The fourth-order valence-corrected chi connectivity index (χ4v) is 1.64. The molecule has 1 amide bonds. The Morgan fingerprint density at radius 3 is 2.16 bits per heavy atom. The van der Waals surface area contributed by atoms with Gasteiger partial charge in [0.1, 0.15) is 0 Å². The molecule has 2 N–H and O–H groups in total. The fourth-order valence-electron chi connectivity index (χ4n) is 1.52. The Labute approximate surface area is 116 Å². The van der Waals surface area contributed by atoms with E-state index in [-0.39, 0.29) is 5.91 Å². The molecule has 0 fully saturated rings. The smallest absolute Gasteiger partial charge is 0.269 e. The van der Waals surface area contributed by atoms with Crippen LogP contribution in [0.2, 0.25) is 5.02 Å². The van der Waals surface area contributed by atoms with Crippen LogP contribution in [-0.2, 0) is 0 Å². The first-order valence-corrected chi connectivity index (χ1v) is 6.11. The number of hydrazine groups is 1. The average molecular weight is 273 g/mol. The fraction of sp³-hybridized carbons (Fsp3) is 0. The van der Waals surface area contributed by atoms with Crippen LogP contribution in [0.4, 0.5) is 0 Å². The molecule has 0 unspecified atom stereocenters. The molecule has 3 nitrogen and oxygen atoms in total. The normalized spacial score (nSPS) is 9.74. The van der Waals surface area contributed by atoms with Crippen LogP contribution in [0, 0.1) is 0 Å². The van der Waals surface area contributed by atoms with E-state index in [2.05, 4.69) is 17.4 Å². The predicted molar refractivity (Wildman–Crippen MR) is 77.5 cm³/mol. The van der Waals surface area contributed by atoms with Gasteiger partial charge in [0.05, 0.1) is 5.70 Å². The van der Waals surface area contributed by atoms with Crippen LogP contribution in [0.3, 0.4) is 0 Å². The first kappa shape index (κ1) is 13.2. The molecule has 0 saturated carbocycles. The summed E-state index contributed by atoms with van der Waals surface area (Å²) >= 11 is 5.76. The van der Waals surface area contributed by atoms with Crippen LogP contribution >= 0.6 is 11.6 Å². The molecule has 2 rings (SSSR count). The van der Waals surface area contributed by atoms with E-state index in [1.54, 1.807) is 24.3 Å². The number of hydrogen-bond acceptors (Lipinski definition) is 2. The van der Waals surface area contributed by atoms with Gasteiger partial charge in [-0.3, -0.25) is 15.6 Å². The third-order valence-electron chi connectivity index (χ3n) is 2.56. The second kappa shape index (κ2) is 6.07. The summed E-state index contributed by atoms with van der Waals surface area (Å²) < 4.78 is 0. The Morgan fingerprint density at radius 2 is 1.53 bits per heavy atom. The van der Waals surface area contributed by atoms with Gasteiger partial charge in [-0.05, 0) is 29.8 Å². The quantitative estimate of drug-likeness (QED) is 0.839. The Morgan fingerprint density at radius 1 is 0.895 bits per heavy atom. The third kappa shape index (κ3) is 3.60. The van der Waals surface area contributed by atoms with Crippen LogP contribution in [0.1, 0.15) is 15.9 Å². The minimum atomic E-state index is -0.242. The molecule has 0 aliphatic rings. The lowest BCUT2D eigenvalue weighted by Crippen LogP contribution is -2.35. The van der Waals surface area contributed by atoms with E-state index in [1.165, 1.54) is 0 Å². The summed E-state index contributed by atoms with van der Waals surface area (Å²) in [5, 5.41) is 0.596. The third-order valence-corrected chi connectivity index (χ3v) is 2.81. The van der Waals surface area contributed by atoms with Gasteiger partial charge in [0, 0.05) is 10.6 Å². The molecule has 0 saturated heterocycles. The summed E-state index contributed by atoms with van der Waals surface area (Å²) in [6.45, 7) is 3.86. The average Bonchev–Trinajstić information content (AvgIpc) is 2.46.